The molecule has 3 aromatic rings. The van der Waals surface area contributed by atoms with Crippen LogP contribution in [0.2, 0.25) is 0 Å². The van der Waals surface area contributed by atoms with Gasteiger partial charge in [0.15, 0.2) is 0 Å². The molecular formula is C14H12N6O2. The molecular weight excluding hydrogens is 284 g/mol. The molecule has 0 aliphatic rings. The zero-order valence-electron chi connectivity index (χ0n) is 11.5. The Labute approximate surface area is 125 Å². The van der Waals surface area contributed by atoms with Crippen LogP contribution in [0.4, 0.5) is 5.69 Å². The Balaban J connectivity index is 1.58. The third-order valence-corrected chi connectivity index (χ3v) is 2.68. The molecule has 0 unspecified atom stereocenters. The molecule has 0 atom stereocenters. The summed E-state index contributed by atoms with van der Waals surface area (Å²) in [7, 11) is 0. The molecule has 0 aliphatic carbocycles. The summed E-state index contributed by atoms with van der Waals surface area (Å²) in [6.45, 7) is 0.0370. The van der Waals surface area contributed by atoms with Crippen LogP contribution in [0.1, 0.15) is 0 Å². The highest BCUT2D eigenvalue weighted by Gasteiger charge is 2.05. The second-order valence-corrected chi connectivity index (χ2v) is 4.36. The number of benzene rings is 1. The molecule has 0 spiro atoms. The number of amides is 1. The van der Waals surface area contributed by atoms with Crippen molar-refractivity contribution in [2.24, 2.45) is 0 Å². The maximum Gasteiger partial charge on any atom is 0.246 e. The lowest BCUT2D eigenvalue weighted by Crippen LogP contribution is -2.19. The Kier molecular flexibility index (Phi) is 4.01. The van der Waals surface area contributed by atoms with E-state index in [2.05, 4.69) is 25.8 Å². The van der Waals surface area contributed by atoms with Gasteiger partial charge in [-0.05, 0) is 28.6 Å². The number of para-hydroxylation sites is 1. The van der Waals surface area contributed by atoms with Crippen LogP contribution in [0.3, 0.4) is 0 Å². The van der Waals surface area contributed by atoms with Crippen LogP contribution in [0.25, 0.3) is 0 Å². The fraction of sp³-hybridized carbons (Fsp3) is 0.0714. The standard InChI is InChI=1S/C14H12N6O2/c21-13(9-20-10-16-18-19-20)17-11-6-7-14(15-8-11)22-12-4-2-1-3-5-12/h1-8,10H,9H2,(H,17,21). The van der Waals surface area contributed by atoms with Crippen LogP contribution < -0.4 is 10.1 Å². The van der Waals surface area contributed by atoms with Crippen LogP contribution in [0, 0.1) is 0 Å². The number of carbonyl (C=O) groups is 1. The summed E-state index contributed by atoms with van der Waals surface area (Å²) in [5, 5.41) is 13.2. The van der Waals surface area contributed by atoms with Crippen LogP contribution in [0.15, 0.2) is 55.0 Å². The number of rotatable bonds is 5. The molecule has 22 heavy (non-hydrogen) atoms. The molecule has 2 heterocycles. The quantitative estimate of drug-likeness (QED) is 0.766. The van der Waals surface area contributed by atoms with Gasteiger partial charge in [-0.3, -0.25) is 4.79 Å². The van der Waals surface area contributed by atoms with Gasteiger partial charge in [0.2, 0.25) is 11.8 Å². The number of nitrogens with zero attached hydrogens (tertiary/aromatic N) is 5. The number of aromatic nitrogens is 5. The van der Waals surface area contributed by atoms with Gasteiger partial charge in [0.1, 0.15) is 18.6 Å². The number of carbonyl (C=O) groups excluding carboxylic acids is 1. The molecule has 1 N–H and O–H groups in total. The van der Waals surface area contributed by atoms with Crippen molar-refractivity contribution in [3.05, 3.63) is 55.0 Å². The molecule has 0 saturated carbocycles. The van der Waals surface area contributed by atoms with E-state index >= 15 is 0 Å². The summed E-state index contributed by atoms with van der Waals surface area (Å²) in [6, 6.07) is 12.7. The van der Waals surface area contributed by atoms with Crippen LogP contribution in [0.5, 0.6) is 11.6 Å². The molecule has 0 bridgehead atoms. The first-order valence-corrected chi connectivity index (χ1v) is 6.49. The van der Waals surface area contributed by atoms with Gasteiger partial charge in [-0.25, -0.2) is 9.67 Å². The van der Waals surface area contributed by atoms with Crippen LogP contribution >= 0.6 is 0 Å². The monoisotopic (exact) mass is 296 g/mol. The number of nitrogens with one attached hydrogen (secondary N) is 1. The van der Waals surface area contributed by atoms with Crippen LogP contribution in [-0.4, -0.2) is 31.1 Å². The average molecular weight is 296 g/mol. The molecule has 8 nitrogen and oxygen atoms in total. The van der Waals surface area contributed by atoms with Gasteiger partial charge in [0, 0.05) is 6.07 Å². The number of tetrazole rings is 1. The minimum absolute atomic E-state index is 0.0370. The Morgan fingerprint density at radius 3 is 2.73 bits per heavy atom. The van der Waals surface area contributed by atoms with Gasteiger partial charge in [0.25, 0.3) is 0 Å². The zero-order valence-corrected chi connectivity index (χ0v) is 11.5. The fourth-order valence-electron chi connectivity index (χ4n) is 1.72. The van der Waals surface area contributed by atoms with Crippen molar-refractivity contribution in [2.45, 2.75) is 6.54 Å². The minimum Gasteiger partial charge on any atom is -0.439 e. The zero-order chi connectivity index (χ0) is 15.2. The number of anilines is 1. The fourth-order valence-corrected chi connectivity index (χ4v) is 1.72. The second kappa shape index (κ2) is 6.44. The number of pyridine rings is 1. The third-order valence-electron chi connectivity index (χ3n) is 2.68. The lowest BCUT2D eigenvalue weighted by molar-refractivity contribution is -0.116. The highest BCUT2D eigenvalue weighted by Crippen LogP contribution is 2.19. The van der Waals surface area contributed by atoms with Gasteiger partial charge in [0.05, 0.1) is 11.9 Å². The first-order chi connectivity index (χ1) is 10.8. The van der Waals surface area contributed by atoms with E-state index < -0.39 is 0 Å². The van der Waals surface area contributed by atoms with E-state index in [0.29, 0.717) is 17.3 Å². The predicted molar refractivity (Wildman–Crippen MR) is 77.2 cm³/mol. The molecule has 0 saturated heterocycles. The highest BCUT2D eigenvalue weighted by molar-refractivity contribution is 5.90. The minimum atomic E-state index is -0.245. The van der Waals surface area contributed by atoms with Crippen molar-refractivity contribution < 1.29 is 9.53 Å². The Hall–Kier alpha value is -3.29. The second-order valence-electron chi connectivity index (χ2n) is 4.36. The van der Waals surface area contributed by atoms with E-state index in [-0.39, 0.29) is 12.5 Å². The Morgan fingerprint density at radius 2 is 2.05 bits per heavy atom. The molecule has 110 valence electrons. The smallest absolute Gasteiger partial charge is 0.246 e. The molecule has 1 amide bonds. The van der Waals surface area contributed by atoms with Gasteiger partial charge in [-0.15, -0.1) is 5.10 Å². The third kappa shape index (κ3) is 3.63. The van der Waals surface area contributed by atoms with Gasteiger partial charge in [-0.1, -0.05) is 18.2 Å². The molecule has 0 radical (unpaired) electrons. The largest absolute Gasteiger partial charge is 0.439 e. The van der Waals surface area contributed by atoms with Crippen LogP contribution in [-0.2, 0) is 11.3 Å². The summed E-state index contributed by atoms with van der Waals surface area (Å²) >= 11 is 0. The van der Waals surface area contributed by atoms with E-state index in [1.807, 2.05) is 30.3 Å². The maximum atomic E-state index is 11.8. The summed E-state index contributed by atoms with van der Waals surface area (Å²) in [5.74, 6) is 0.904. The molecule has 0 aliphatic heterocycles. The van der Waals surface area contributed by atoms with Crippen molar-refractivity contribution in [1.82, 2.24) is 25.2 Å². The van der Waals surface area contributed by atoms with E-state index in [0.717, 1.165) is 0 Å². The predicted octanol–water partition coefficient (Wildman–Crippen LogP) is 1.50. The van der Waals surface area contributed by atoms with Gasteiger partial charge in [-0.2, -0.15) is 0 Å². The summed E-state index contributed by atoms with van der Waals surface area (Å²) in [6.07, 6.45) is 2.89. The number of hydrogen-bond donors (Lipinski definition) is 1. The van der Waals surface area contributed by atoms with E-state index in [4.69, 9.17) is 4.74 Å². The van der Waals surface area contributed by atoms with Crippen molar-refractivity contribution >= 4 is 11.6 Å². The lowest BCUT2D eigenvalue weighted by atomic mass is 10.3. The maximum absolute atomic E-state index is 11.8. The Bertz CT molecular complexity index is 728. The average Bonchev–Trinajstić information content (AvgIpc) is 3.03. The molecule has 3 rings (SSSR count). The summed E-state index contributed by atoms with van der Waals surface area (Å²) < 4.78 is 6.90. The summed E-state index contributed by atoms with van der Waals surface area (Å²) in [4.78, 5) is 15.9. The topological polar surface area (TPSA) is 94.8 Å². The van der Waals surface area contributed by atoms with Gasteiger partial charge >= 0.3 is 0 Å². The lowest BCUT2D eigenvalue weighted by Gasteiger charge is -2.07. The van der Waals surface area contributed by atoms with Crippen molar-refractivity contribution in [3.8, 4) is 11.6 Å². The molecule has 1 aromatic carbocycles. The van der Waals surface area contributed by atoms with E-state index in [1.165, 1.54) is 17.2 Å². The molecule has 2 aromatic heterocycles. The Morgan fingerprint density at radius 1 is 1.18 bits per heavy atom. The van der Waals surface area contributed by atoms with Crippen molar-refractivity contribution in [2.75, 3.05) is 5.32 Å². The van der Waals surface area contributed by atoms with Gasteiger partial charge < -0.3 is 10.1 Å². The van der Waals surface area contributed by atoms with E-state index in [1.54, 1.807) is 12.1 Å². The van der Waals surface area contributed by atoms with Crippen molar-refractivity contribution in [3.63, 3.8) is 0 Å². The summed E-state index contributed by atoms with van der Waals surface area (Å²) in [5.41, 5.74) is 0.568. The SMILES string of the molecule is O=C(Cn1cnnn1)Nc1ccc(Oc2ccccc2)nc1. The number of hydrogen-bond acceptors (Lipinski definition) is 6. The number of ether oxygens (including phenoxy) is 1. The van der Waals surface area contributed by atoms with Crippen molar-refractivity contribution in [1.29, 1.82) is 0 Å². The first kappa shape index (κ1) is 13.7. The highest BCUT2D eigenvalue weighted by atomic mass is 16.5. The molecule has 8 heteroatoms. The normalized spacial score (nSPS) is 10.2. The van der Waals surface area contributed by atoms with E-state index in [9.17, 15) is 4.79 Å². The molecule has 0 fully saturated rings. The first-order valence-electron chi connectivity index (χ1n) is 6.49.